The van der Waals surface area contributed by atoms with Crippen LogP contribution in [0.1, 0.15) is 45.6 Å². The average molecular weight is 258 g/mol. The van der Waals surface area contributed by atoms with Crippen molar-refractivity contribution in [2.75, 3.05) is 5.73 Å². The van der Waals surface area contributed by atoms with Crippen LogP contribution in [0.4, 0.5) is 5.69 Å². The number of hydrogen-bond donors (Lipinski definition) is 1. The van der Waals surface area contributed by atoms with Crippen molar-refractivity contribution in [3.8, 4) is 11.8 Å². The van der Waals surface area contributed by atoms with Gasteiger partial charge in [-0.1, -0.05) is 20.8 Å². The highest BCUT2D eigenvalue weighted by Gasteiger charge is 2.33. The summed E-state index contributed by atoms with van der Waals surface area (Å²) in [5.41, 5.74) is 7.44. The molecule has 1 aliphatic rings. The quantitative estimate of drug-likeness (QED) is 0.822. The minimum atomic E-state index is 0.190. The third-order valence-electron chi connectivity index (χ3n) is 3.78. The van der Waals surface area contributed by atoms with E-state index in [-0.39, 0.29) is 6.10 Å². The summed E-state index contributed by atoms with van der Waals surface area (Å²) in [6, 6.07) is 7.32. The molecule has 0 heterocycles. The summed E-state index contributed by atoms with van der Waals surface area (Å²) in [5, 5.41) is 8.94. The molecule has 2 unspecified atom stereocenters. The molecule has 102 valence electrons. The molecule has 0 aromatic heterocycles. The number of ether oxygens (including phenoxy) is 1. The largest absolute Gasteiger partial charge is 0.488 e. The third kappa shape index (κ3) is 3.41. The summed E-state index contributed by atoms with van der Waals surface area (Å²) < 4.78 is 6.06. The van der Waals surface area contributed by atoms with Gasteiger partial charge in [0.15, 0.2) is 0 Å². The van der Waals surface area contributed by atoms with Crippen molar-refractivity contribution in [1.82, 2.24) is 0 Å². The summed E-state index contributed by atoms with van der Waals surface area (Å²) in [6.45, 7) is 6.84. The predicted octanol–water partition coefficient (Wildman–Crippen LogP) is 3.73. The first kappa shape index (κ1) is 13.7. The number of hydrogen-bond acceptors (Lipinski definition) is 3. The summed E-state index contributed by atoms with van der Waals surface area (Å²) in [6.07, 6.45) is 3.52. The highest BCUT2D eigenvalue weighted by atomic mass is 16.5. The van der Waals surface area contributed by atoms with E-state index in [0.29, 0.717) is 28.3 Å². The number of nitriles is 1. The SMILES string of the molecule is CC1CC(Oc2cc(C#N)ccc2N)CC(C)(C)C1. The maximum Gasteiger partial charge on any atom is 0.143 e. The first-order chi connectivity index (χ1) is 8.89. The molecule has 0 saturated heterocycles. The number of rotatable bonds is 2. The Labute approximate surface area is 115 Å². The molecule has 0 aliphatic heterocycles. The van der Waals surface area contributed by atoms with Gasteiger partial charge in [-0.05, 0) is 42.7 Å². The number of nitrogen functional groups attached to an aromatic ring is 1. The van der Waals surface area contributed by atoms with Crippen LogP contribution >= 0.6 is 0 Å². The molecular weight excluding hydrogens is 236 g/mol. The van der Waals surface area contributed by atoms with Crippen molar-refractivity contribution in [3.63, 3.8) is 0 Å². The molecule has 0 bridgehead atoms. The summed E-state index contributed by atoms with van der Waals surface area (Å²) >= 11 is 0. The van der Waals surface area contributed by atoms with Crippen molar-refractivity contribution in [1.29, 1.82) is 5.26 Å². The Hall–Kier alpha value is -1.69. The van der Waals surface area contributed by atoms with Crippen LogP contribution in [0.5, 0.6) is 5.75 Å². The van der Waals surface area contributed by atoms with Crippen molar-refractivity contribution in [2.45, 2.75) is 46.1 Å². The van der Waals surface area contributed by atoms with E-state index in [1.807, 2.05) is 0 Å². The lowest BCUT2D eigenvalue weighted by Crippen LogP contribution is -2.34. The molecule has 1 saturated carbocycles. The van der Waals surface area contributed by atoms with Crippen LogP contribution in [0.15, 0.2) is 18.2 Å². The van der Waals surface area contributed by atoms with Gasteiger partial charge in [0, 0.05) is 6.07 Å². The zero-order valence-electron chi connectivity index (χ0n) is 11.9. The van der Waals surface area contributed by atoms with Gasteiger partial charge in [-0.3, -0.25) is 0 Å². The Bertz CT molecular complexity index is 502. The maximum absolute atomic E-state index is 8.94. The Morgan fingerprint density at radius 2 is 2.11 bits per heavy atom. The van der Waals surface area contributed by atoms with Crippen LogP contribution in [-0.4, -0.2) is 6.10 Å². The van der Waals surface area contributed by atoms with Crippen molar-refractivity contribution < 1.29 is 4.74 Å². The van der Waals surface area contributed by atoms with Gasteiger partial charge in [-0.25, -0.2) is 0 Å². The summed E-state index contributed by atoms with van der Waals surface area (Å²) in [5.74, 6) is 1.31. The smallest absolute Gasteiger partial charge is 0.143 e. The predicted molar refractivity (Wildman–Crippen MR) is 76.8 cm³/mol. The van der Waals surface area contributed by atoms with E-state index in [1.165, 1.54) is 6.42 Å². The first-order valence-electron chi connectivity index (χ1n) is 6.86. The average Bonchev–Trinajstić information content (AvgIpc) is 2.29. The van der Waals surface area contributed by atoms with E-state index in [0.717, 1.165) is 12.8 Å². The maximum atomic E-state index is 8.94. The van der Waals surface area contributed by atoms with Gasteiger partial charge in [-0.2, -0.15) is 5.26 Å². The van der Waals surface area contributed by atoms with E-state index in [4.69, 9.17) is 15.7 Å². The Kier molecular flexibility index (Phi) is 3.71. The molecule has 1 aliphatic carbocycles. The molecule has 0 spiro atoms. The van der Waals surface area contributed by atoms with Gasteiger partial charge < -0.3 is 10.5 Å². The minimum absolute atomic E-state index is 0.190. The molecule has 3 nitrogen and oxygen atoms in total. The Morgan fingerprint density at radius 1 is 1.37 bits per heavy atom. The number of nitrogens with two attached hydrogens (primary N) is 1. The standard InChI is InChI=1S/C16H22N2O/c1-11-6-13(9-16(2,3)8-11)19-15-7-12(10-17)4-5-14(15)18/h4-5,7,11,13H,6,8-9,18H2,1-3H3. The molecule has 0 radical (unpaired) electrons. The van der Waals surface area contributed by atoms with Crippen molar-refractivity contribution in [3.05, 3.63) is 23.8 Å². The van der Waals surface area contributed by atoms with E-state index in [1.54, 1.807) is 18.2 Å². The van der Waals surface area contributed by atoms with E-state index in [2.05, 4.69) is 26.8 Å². The fourth-order valence-corrected chi connectivity index (χ4v) is 3.23. The monoisotopic (exact) mass is 258 g/mol. The Balaban J connectivity index is 2.15. The zero-order chi connectivity index (χ0) is 14.0. The third-order valence-corrected chi connectivity index (χ3v) is 3.78. The van der Waals surface area contributed by atoms with Gasteiger partial charge in [0.25, 0.3) is 0 Å². The van der Waals surface area contributed by atoms with E-state index in [9.17, 15) is 0 Å². The normalized spacial score (nSPS) is 25.6. The number of benzene rings is 1. The molecule has 2 N–H and O–H groups in total. The number of anilines is 1. The fourth-order valence-electron chi connectivity index (χ4n) is 3.23. The molecular formula is C16H22N2O. The molecule has 19 heavy (non-hydrogen) atoms. The van der Waals surface area contributed by atoms with Crippen molar-refractivity contribution in [2.24, 2.45) is 11.3 Å². The van der Waals surface area contributed by atoms with Gasteiger partial charge >= 0.3 is 0 Å². The Morgan fingerprint density at radius 3 is 2.74 bits per heavy atom. The van der Waals surface area contributed by atoms with E-state index < -0.39 is 0 Å². The van der Waals surface area contributed by atoms with Crippen LogP contribution < -0.4 is 10.5 Å². The topological polar surface area (TPSA) is 59.0 Å². The number of nitrogens with zero attached hydrogens (tertiary/aromatic N) is 1. The van der Waals surface area contributed by atoms with Gasteiger partial charge in [-0.15, -0.1) is 0 Å². The van der Waals surface area contributed by atoms with Crippen LogP contribution in [0, 0.1) is 22.7 Å². The lowest BCUT2D eigenvalue weighted by atomic mass is 9.71. The highest BCUT2D eigenvalue weighted by Crippen LogP contribution is 2.40. The summed E-state index contributed by atoms with van der Waals surface area (Å²) in [4.78, 5) is 0. The minimum Gasteiger partial charge on any atom is -0.488 e. The summed E-state index contributed by atoms with van der Waals surface area (Å²) in [7, 11) is 0. The van der Waals surface area contributed by atoms with E-state index >= 15 is 0 Å². The first-order valence-corrected chi connectivity index (χ1v) is 6.86. The van der Waals surface area contributed by atoms with Gasteiger partial charge in [0.2, 0.25) is 0 Å². The molecule has 1 aromatic carbocycles. The second kappa shape index (κ2) is 5.13. The molecule has 3 heteroatoms. The molecule has 1 aromatic rings. The van der Waals surface area contributed by atoms with Gasteiger partial charge in [0.1, 0.15) is 5.75 Å². The lowest BCUT2D eigenvalue weighted by Gasteiger charge is -2.39. The molecule has 0 amide bonds. The molecule has 2 atom stereocenters. The van der Waals surface area contributed by atoms with Crippen molar-refractivity contribution >= 4 is 5.69 Å². The zero-order valence-corrected chi connectivity index (χ0v) is 11.9. The second-order valence-corrected chi connectivity index (χ2v) is 6.52. The fraction of sp³-hybridized carbons (Fsp3) is 0.562. The van der Waals surface area contributed by atoms with Crippen LogP contribution in [0.25, 0.3) is 0 Å². The van der Waals surface area contributed by atoms with Crippen LogP contribution in [0.2, 0.25) is 0 Å². The van der Waals surface area contributed by atoms with Gasteiger partial charge in [0.05, 0.1) is 23.4 Å². The van der Waals surface area contributed by atoms with Crippen LogP contribution in [-0.2, 0) is 0 Å². The highest BCUT2D eigenvalue weighted by molar-refractivity contribution is 5.56. The molecule has 2 rings (SSSR count). The molecule has 1 fully saturated rings. The second-order valence-electron chi connectivity index (χ2n) is 6.52. The lowest BCUT2D eigenvalue weighted by molar-refractivity contribution is 0.0567. The van der Waals surface area contributed by atoms with Crippen LogP contribution in [0.3, 0.4) is 0 Å².